The molecule has 0 aliphatic heterocycles. The zero-order chi connectivity index (χ0) is 26.7. The predicted molar refractivity (Wildman–Crippen MR) is 132 cm³/mol. The summed E-state index contributed by atoms with van der Waals surface area (Å²) in [5.41, 5.74) is 4.25. The summed E-state index contributed by atoms with van der Waals surface area (Å²) in [5, 5.41) is 29.4. The van der Waals surface area contributed by atoms with Crippen LogP contribution in [0, 0.1) is 27.2 Å². The van der Waals surface area contributed by atoms with Gasteiger partial charge < -0.3 is 14.5 Å². The maximum atomic E-state index is 12.9. The lowest BCUT2D eigenvalue weighted by Gasteiger charge is -2.13. The van der Waals surface area contributed by atoms with Crippen molar-refractivity contribution in [1.29, 1.82) is 0 Å². The Labute approximate surface area is 209 Å². The molecule has 0 spiro atoms. The van der Waals surface area contributed by atoms with Gasteiger partial charge in [-0.2, -0.15) is 5.10 Å². The van der Waals surface area contributed by atoms with E-state index in [1.807, 2.05) is 0 Å². The Morgan fingerprint density at radius 2 is 1.78 bits per heavy atom. The van der Waals surface area contributed by atoms with Crippen LogP contribution in [0.3, 0.4) is 0 Å². The fourth-order valence-corrected chi connectivity index (χ4v) is 4.00. The van der Waals surface area contributed by atoms with Crippen molar-refractivity contribution in [1.82, 2.24) is 0 Å². The lowest BCUT2D eigenvalue weighted by Crippen LogP contribution is -2.14. The summed E-state index contributed by atoms with van der Waals surface area (Å²) in [7, 11) is 1.28. The van der Waals surface area contributed by atoms with E-state index < -0.39 is 33.1 Å². The van der Waals surface area contributed by atoms with Gasteiger partial charge in [-0.05, 0) is 50.1 Å². The van der Waals surface area contributed by atoms with Crippen LogP contribution in [0.15, 0.2) is 52.0 Å². The van der Waals surface area contributed by atoms with Crippen LogP contribution >= 0.6 is 0 Å². The molecule has 0 atom stereocenters. The van der Waals surface area contributed by atoms with Crippen LogP contribution in [-0.4, -0.2) is 34.5 Å². The number of benzene rings is 2. The lowest BCUT2D eigenvalue weighted by molar-refractivity contribution is -0.393. The molecule has 1 aromatic heterocycles. The van der Waals surface area contributed by atoms with Crippen LogP contribution < -0.4 is 10.7 Å². The van der Waals surface area contributed by atoms with Gasteiger partial charge in [-0.25, -0.2) is 4.79 Å². The average molecular weight is 507 g/mol. The summed E-state index contributed by atoms with van der Waals surface area (Å²) in [6, 6.07) is 9.40. The molecule has 0 radical (unpaired) electrons. The largest absolute Gasteiger partial charge is 0.465 e. The highest BCUT2D eigenvalue weighted by atomic mass is 16.6. The standard InChI is InChI=1S/C24H21N5O8/c1-13-21-18(27-26-17-11-10-16(28(32)33)12-19(17)29(34)35)4-3-5-20(21)37-22(13)23(30)25-15-8-6-14(7-9-15)24(31)36-2/h6-12,26H,3-5H2,1-2H3,(H,25,30)/b27-18+. The number of nitrogens with zero attached hydrogens (tertiary/aromatic N) is 3. The van der Waals surface area contributed by atoms with E-state index in [0.29, 0.717) is 53.1 Å². The molecule has 1 aliphatic rings. The molecule has 4 rings (SSSR count). The number of non-ortho nitro benzene ring substituents is 1. The number of rotatable bonds is 7. The number of fused-ring (bicyclic) bond motifs is 1. The Hall–Kier alpha value is -5.07. The zero-order valence-corrected chi connectivity index (χ0v) is 19.8. The molecular formula is C24H21N5O8. The Bertz CT molecular complexity index is 1440. The molecule has 3 aromatic rings. The normalized spacial score (nSPS) is 13.5. The van der Waals surface area contributed by atoms with E-state index in [4.69, 9.17) is 4.42 Å². The molecule has 13 heteroatoms. The van der Waals surface area contributed by atoms with E-state index in [1.54, 1.807) is 19.1 Å². The number of aryl methyl sites for hydroxylation is 1. The first kappa shape index (κ1) is 25.0. The minimum Gasteiger partial charge on any atom is -0.465 e. The summed E-state index contributed by atoms with van der Waals surface area (Å²) in [4.78, 5) is 45.5. The molecule has 0 saturated heterocycles. The number of hydrogen-bond donors (Lipinski definition) is 2. The number of amides is 1. The van der Waals surface area contributed by atoms with Gasteiger partial charge in [-0.15, -0.1) is 0 Å². The second-order valence-corrected chi connectivity index (χ2v) is 8.12. The number of furan rings is 1. The van der Waals surface area contributed by atoms with Gasteiger partial charge in [-0.3, -0.25) is 30.4 Å². The fraction of sp³-hybridized carbons (Fsp3) is 0.208. The van der Waals surface area contributed by atoms with Crippen molar-refractivity contribution in [3.8, 4) is 0 Å². The van der Waals surface area contributed by atoms with E-state index >= 15 is 0 Å². The number of nitrogens with one attached hydrogen (secondary N) is 2. The third-order valence-electron chi connectivity index (χ3n) is 5.80. The maximum absolute atomic E-state index is 12.9. The van der Waals surface area contributed by atoms with Gasteiger partial charge in [0.1, 0.15) is 11.4 Å². The van der Waals surface area contributed by atoms with Gasteiger partial charge in [0.15, 0.2) is 5.76 Å². The number of anilines is 2. The molecule has 1 heterocycles. The molecule has 190 valence electrons. The number of carbonyl (C=O) groups excluding carboxylic acids is 2. The highest BCUT2D eigenvalue weighted by molar-refractivity contribution is 6.09. The SMILES string of the molecule is COC(=O)c1ccc(NC(=O)c2oc3c(c2C)/C(=N/Nc2ccc([N+](=O)[O-])cc2[N+](=O)[O-])CCC3)cc1. The summed E-state index contributed by atoms with van der Waals surface area (Å²) < 4.78 is 10.5. The van der Waals surface area contributed by atoms with Crippen LogP contribution in [0.2, 0.25) is 0 Å². The maximum Gasteiger partial charge on any atom is 0.337 e. The Morgan fingerprint density at radius 3 is 2.43 bits per heavy atom. The Kier molecular flexibility index (Phi) is 6.95. The zero-order valence-electron chi connectivity index (χ0n) is 19.8. The second kappa shape index (κ2) is 10.3. The van der Waals surface area contributed by atoms with E-state index in [1.165, 1.54) is 25.3 Å². The Balaban J connectivity index is 1.58. The Morgan fingerprint density at radius 1 is 1.05 bits per heavy atom. The van der Waals surface area contributed by atoms with Gasteiger partial charge in [0.2, 0.25) is 0 Å². The highest BCUT2D eigenvalue weighted by Crippen LogP contribution is 2.32. The summed E-state index contributed by atoms with van der Waals surface area (Å²) in [5.74, 6) is -0.324. The van der Waals surface area contributed by atoms with Crippen molar-refractivity contribution in [2.24, 2.45) is 5.10 Å². The highest BCUT2D eigenvalue weighted by Gasteiger charge is 2.28. The van der Waals surface area contributed by atoms with E-state index in [0.717, 1.165) is 12.1 Å². The molecule has 2 N–H and O–H groups in total. The molecule has 1 amide bonds. The number of hydrogen-bond acceptors (Lipinski definition) is 10. The van der Waals surface area contributed by atoms with Crippen LogP contribution in [0.25, 0.3) is 0 Å². The number of nitro benzene ring substituents is 2. The molecule has 13 nitrogen and oxygen atoms in total. The molecular weight excluding hydrogens is 486 g/mol. The number of hydrazone groups is 1. The van der Waals surface area contributed by atoms with E-state index in [9.17, 15) is 29.8 Å². The van der Waals surface area contributed by atoms with Crippen LogP contribution in [-0.2, 0) is 11.2 Å². The summed E-state index contributed by atoms with van der Waals surface area (Å²) >= 11 is 0. The molecule has 0 saturated carbocycles. The number of nitro groups is 2. The smallest absolute Gasteiger partial charge is 0.337 e. The molecule has 1 aliphatic carbocycles. The monoisotopic (exact) mass is 507 g/mol. The van der Waals surface area contributed by atoms with Crippen molar-refractivity contribution in [3.63, 3.8) is 0 Å². The predicted octanol–water partition coefficient (Wildman–Crippen LogP) is 4.60. The van der Waals surface area contributed by atoms with E-state index in [2.05, 4.69) is 20.6 Å². The number of esters is 1. The number of methoxy groups -OCH3 is 1. The van der Waals surface area contributed by atoms with Gasteiger partial charge >= 0.3 is 11.7 Å². The molecule has 0 bridgehead atoms. The van der Waals surface area contributed by atoms with Gasteiger partial charge in [0, 0.05) is 29.3 Å². The topological polar surface area (TPSA) is 179 Å². The third kappa shape index (κ3) is 5.15. The quantitative estimate of drug-likeness (QED) is 0.262. The van der Waals surface area contributed by atoms with Crippen molar-refractivity contribution in [3.05, 3.63) is 90.9 Å². The van der Waals surface area contributed by atoms with Crippen molar-refractivity contribution in [2.45, 2.75) is 26.2 Å². The van der Waals surface area contributed by atoms with Crippen molar-refractivity contribution >= 4 is 40.3 Å². The first-order chi connectivity index (χ1) is 17.7. The average Bonchev–Trinajstić information content (AvgIpc) is 3.24. The van der Waals surface area contributed by atoms with Crippen LogP contribution in [0.1, 0.15) is 50.6 Å². The van der Waals surface area contributed by atoms with E-state index in [-0.39, 0.29) is 11.4 Å². The summed E-state index contributed by atoms with van der Waals surface area (Å²) in [6.45, 7) is 1.72. The van der Waals surface area contributed by atoms with Gasteiger partial charge in [-0.1, -0.05) is 0 Å². The fourth-order valence-electron chi connectivity index (χ4n) is 4.00. The molecule has 0 unspecified atom stereocenters. The summed E-state index contributed by atoms with van der Waals surface area (Å²) in [6.07, 6.45) is 1.78. The molecule has 37 heavy (non-hydrogen) atoms. The first-order valence-electron chi connectivity index (χ1n) is 11.1. The second-order valence-electron chi connectivity index (χ2n) is 8.12. The van der Waals surface area contributed by atoms with Gasteiger partial charge in [0.25, 0.3) is 11.6 Å². The minimum absolute atomic E-state index is 0.00950. The van der Waals surface area contributed by atoms with Crippen molar-refractivity contribution in [2.75, 3.05) is 17.9 Å². The first-order valence-corrected chi connectivity index (χ1v) is 11.1. The molecule has 2 aromatic carbocycles. The third-order valence-corrected chi connectivity index (χ3v) is 5.80. The van der Waals surface area contributed by atoms with Crippen molar-refractivity contribution < 1.29 is 28.6 Å². The molecule has 0 fully saturated rings. The number of carbonyl (C=O) groups is 2. The number of ether oxygens (including phenoxy) is 1. The minimum atomic E-state index is -0.731. The van der Waals surface area contributed by atoms with Gasteiger partial charge in [0.05, 0.1) is 34.3 Å². The van der Waals surface area contributed by atoms with Crippen LogP contribution in [0.4, 0.5) is 22.7 Å². The lowest BCUT2D eigenvalue weighted by atomic mass is 9.93. The van der Waals surface area contributed by atoms with Crippen LogP contribution in [0.5, 0.6) is 0 Å².